The minimum Gasteiger partial charge on any atom is -0.494 e. The monoisotopic (exact) mass is 285 g/mol. The zero-order valence-corrected chi connectivity index (χ0v) is 12.5. The standard InChI is InChI=1S/C17H19NOS/c1-2-19-15-9-7-14(8-10-15)18-12-16-11-13-5-3-4-6-17(13)20-16/h3-10,16,18H,2,11-12H2,1H3. The molecule has 2 aromatic rings. The predicted molar refractivity (Wildman–Crippen MR) is 85.9 cm³/mol. The molecule has 20 heavy (non-hydrogen) atoms. The van der Waals surface area contributed by atoms with Crippen LogP contribution in [0.2, 0.25) is 0 Å². The summed E-state index contributed by atoms with van der Waals surface area (Å²) in [7, 11) is 0. The fourth-order valence-electron chi connectivity index (χ4n) is 2.44. The number of thioether (sulfide) groups is 1. The summed E-state index contributed by atoms with van der Waals surface area (Å²) in [6.45, 7) is 3.71. The molecular formula is C17H19NOS. The van der Waals surface area contributed by atoms with Crippen molar-refractivity contribution in [3.8, 4) is 5.75 Å². The average Bonchev–Trinajstić information content (AvgIpc) is 2.90. The third-order valence-corrected chi connectivity index (χ3v) is 4.73. The van der Waals surface area contributed by atoms with Crippen molar-refractivity contribution >= 4 is 17.4 Å². The summed E-state index contributed by atoms with van der Waals surface area (Å²) in [5.74, 6) is 0.931. The average molecular weight is 285 g/mol. The molecule has 2 nitrogen and oxygen atoms in total. The molecule has 0 aromatic heterocycles. The number of nitrogens with one attached hydrogen (secondary N) is 1. The quantitative estimate of drug-likeness (QED) is 0.889. The number of hydrogen-bond donors (Lipinski definition) is 1. The maximum atomic E-state index is 5.45. The van der Waals surface area contributed by atoms with Gasteiger partial charge >= 0.3 is 0 Å². The van der Waals surface area contributed by atoms with Crippen LogP contribution in [0, 0.1) is 0 Å². The Kier molecular flexibility index (Phi) is 4.16. The Morgan fingerprint density at radius 1 is 1.15 bits per heavy atom. The molecule has 3 rings (SSSR count). The summed E-state index contributed by atoms with van der Waals surface area (Å²) in [6.07, 6.45) is 1.16. The molecule has 1 aliphatic rings. The topological polar surface area (TPSA) is 21.3 Å². The molecule has 0 fully saturated rings. The first-order valence-corrected chi connectivity index (χ1v) is 7.94. The number of ether oxygens (including phenoxy) is 1. The molecule has 0 aliphatic carbocycles. The van der Waals surface area contributed by atoms with Crippen LogP contribution in [0.4, 0.5) is 5.69 Å². The van der Waals surface area contributed by atoms with E-state index < -0.39 is 0 Å². The summed E-state index contributed by atoms with van der Waals surface area (Å²) in [5.41, 5.74) is 2.64. The number of rotatable bonds is 5. The minimum absolute atomic E-state index is 0.624. The number of fused-ring (bicyclic) bond motifs is 1. The smallest absolute Gasteiger partial charge is 0.119 e. The van der Waals surface area contributed by atoms with Crippen molar-refractivity contribution in [1.29, 1.82) is 0 Å². The van der Waals surface area contributed by atoms with Gasteiger partial charge in [-0.2, -0.15) is 0 Å². The Balaban J connectivity index is 1.53. The van der Waals surface area contributed by atoms with Crippen molar-refractivity contribution in [3.05, 3.63) is 54.1 Å². The Morgan fingerprint density at radius 3 is 2.70 bits per heavy atom. The lowest BCUT2D eigenvalue weighted by molar-refractivity contribution is 0.340. The molecule has 0 saturated heterocycles. The Hall–Kier alpha value is -1.61. The number of benzene rings is 2. The largest absolute Gasteiger partial charge is 0.494 e. The molecule has 0 spiro atoms. The van der Waals surface area contributed by atoms with Crippen LogP contribution in [0.15, 0.2) is 53.4 Å². The maximum Gasteiger partial charge on any atom is 0.119 e. The van der Waals surface area contributed by atoms with E-state index in [-0.39, 0.29) is 0 Å². The summed E-state index contributed by atoms with van der Waals surface area (Å²) in [4.78, 5) is 1.44. The highest BCUT2D eigenvalue weighted by Crippen LogP contribution is 2.36. The van der Waals surface area contributed by atoms with Crippen LogP contribution in [-0.4, -0.2) is 18.4 Å². The summed E-state index contributed by atoms with van der Waals surface area (Å²) < 4.78 is 5.45. The summed E-state index contributed by atoms with van der Waals surface area (Å²) >= 11 is 1.98. The summed E-state index contributed by atoms with van der Waals surface area (Å²) in [5, 5.41) is 4.14. The first kappa shape index (κ1) is 13.4. The summed E-state index contributed by atoms with van der Waals surface area (Å²) in [6, 6.07) is 16.9. The highest BCUT2D eigenvalue weighted by Gasteiger charge is 2.21. The van der Waals surface area contributed by atoms with Crippen LogP contribution < -0.4 is 10.1 Å². The van der Waals surface area contributed by atoms with E-state index in [2.05, 4.69) is 41.7 Å². The van der Waals surface area contributed by atoms with E-state index in [9.17, 15) is 0 Å². The third kappa shape index (κ3) is 3.10. The zero-order valence-electron chi connectivity index (χ0n) is 11.6. The maximum absolute atomic E-state index is 5.45. The van der Waals surface area contributed by atoms with Crippen LogP contribution in [-0.2, 0) is 6.42 Å². The highest BCUT2D eigenvalue weighted by atomic mass is 32.2. The predicted octanol–water partition coefficient (Wildman–Crippen LogP) is 4.21. The third-order valence-electron chi connectivity index (χ3n) is 3.41. The molecule has 1 aliphatic heterocycles. The van der Waals surface area contributed by atoms with Gasteiger partial charge in [0, 0.05) is 22.4 Å². The molecule has 1 unspecified atom stereocenters. The number of hydrogen-bond acceptors (Lipinski definition) is 3. The van der Waals surface area contributed by atoms with Gasteiger partial charge in [0.25, 0.3) is 0 Å². The fraction of sp³-hybridized carbons (Fsp3) is 0.294. The first-order valence-electron chi connectivity index (χ1n) is 7.06. The normalized spacial score (nSPS) is 16.8. The van der Waals surface area contributed by atoms with Crippen LogP contribution in [0.1, 0.15) is 12.5 Å². The second kappa shape index (κ2) is 6.23. The lowest BCUT2D eigenvalue weighted by atomic mass is 10.1. The second-order valence-electron chi connectivity index (χ2n) is 4.89. The fourth-order valence-corrected chi connectivity index (χ4v) is 3.68. The van der Waals surface area contributed by atoms with Gasteiger partial charge in [0.2, 0.25) is 0 Å². The second-order valence-corrected chi connectivity index (χ2v) is 6.23. The Morgan fingerprint density at radius 2 is 1.95 bits per heavy atom. The van der Waals surface area contributed by atoms with E-state index in [1.165, 1.54) is 10.5 Å². The number of anilines is 1. The van der Waals surface area contributed by atoms with Gasteiger partial charge in [-0.3, -0.25) is 0 Å². The van der Waals surface area contributed by atoms with E-state index in [1.54, 1.807) is 0 Å². The molecule has 0 radical (unpaired) electrons. The lowest BCUT2D eigenvalue weighted by Gasteiger charge is -2.12. The van der Waals surface area contributed by atoms with Crippen molar-refractivity contribution in [2.75, 3.05) is 18.5 Å². The van der Waals surface area contributed by atoms with Crippen molar-refractivity contribution in [2.45, 2.75) is 23.5 Å². The van der Waals surface area contributed by atoms with Crippen molar-refractivity contribution in [2.24, 2.45) is 0 Å². The minimum atomic E-state index is 0.624. The molecule has 1 N–H and O–H groups in total. The van der Waals surface area contributed by atoms with Gasteiger partial charge in [-0.25, -0.2) is 0 Å². The van der Waals surface area contributed by atoms with Gasteiger partial charge in [0.1, 0.15) is 5.75 Å². The van der Waals surface area contributed by atoms with Gasteiger partial charge in [0.05, 0.1) is 6.61 Å². The molecule has 0 bridgehead atoms. The van der Waals surface area contributed by atoms with Crippen molar-refractivity contribution in [3.63, 3.8) is 0 Å². The van der Waals surface area contributed by atoms with Crippen LogP contribution in [0.3, 0.4) is 0 Å². The highest BCUT2D eigenvalue weighted by molar-refractivity contribution is 8.00. The Bertz CT molecular complexity index is 542. The first-order chi connectivity index (χ1) is 9.85. The van der Waals surface area contributed by atoms with E-state index >= 15 is 0 Å². The van der Waals surface area contributed by atoms with E-state index in [4.69, 9.17) is 4.74 Å². The Labute approximate surface area is 124 Å². The van der Waals surface area contributed by atoms with Gasteiger partial charge in [-0.1, -0.05) is 18.2 Å². The van der Waals surface area contributed by atoms with Crippen molar-refractivity contribution < 1.29 is 4.74 Å². The van der Waals surface area contributed by atoms with Gasteiger partial charge in [0.15, 0.2) is 0 Å². The van der Waals surface area contributed by atoms with Gasteiger partial charge in [-0.05, 0) is 49.2 Å². The van der Waals surface area contributed by atoms with Crippen LogP contribution in [0.25, 0.3) is 0 Å². The SMILES string of the molecule is CCOc1ccc(NCC2Cc3ccccc3S2)cc1. The lowest BCUT2D eigenvalue weighted by Crippen LogP contribution is -2.15. The molecular weight excluding hydrogens is 266 g/mol. The van der Waals surface area contributed by atoms with E-state index in [1.807, 2.05) is 30.8 Å². The molecule has 104 valence electrons. The molecule has 1 heterocycles. The van der Waals surface area contributed by atoms with Gasteiger partial charge < -0.3 is 10.1 Å². The van der Waals surface area contributed by atoms with Gasteiger partial charge in [-0.15, -0.1) is 11.8 Å². The van der Waals surface area contributed by atoms with E-state index in [0.29, 0.717) is 11.9 Å². The van der Waals surface area contributed by atoms with E-state index in [0.717, 1.165) is 24.4 Å². The molecule has 2 aromatic carbocycles. The molecule has 0 saturated carbocycles. The molecule has 3 heteroatoms. The van der Waals surface area contributed by atoms with Crippen molar-refractivity contribution in [1.82, 2.24) is 0 Å². The molecule has 1 atom stereocenters. The van der Waals surface area contributed by atoms with Crippen LogP contribution in [0.5, 0.6) is 5.75 Å². The van der Waals surface area contributed by atoms with Crippen LogP contribution >= 0.6 is 11.8 Å². The molecule has 0 amide bonds. The zero-order chi connectivity index (χ0) is 13.8.